The molecule has 0 aromatic rings. The molecule has 16 heavy (non-hydrogen) atoms. The molecule has 0 saturated heterocycles. The highest BCUT2D eigenvalue weighted by molar-refractivity contribution is 4.87. The molecule has 2 atom stereocenters. The van der Waals surface area contributed by atoms with E-state index in [9.17, 15) is 0 Å². The van der Waals surface area contributed by atoms with Gasteiger partial charge in [-0.3, -0.25) is 11.3 Å². The van der Waals surface area contributed by atoms with Crippen molar-refractivity contribution in [2.45, 2.75) is 65.0 Å². The van der Waals surface area contributed by atoms with Gasteiger partial charge in [-0.25, -0.2) is 0 Å². The van der Waals surface area contributed by atoms with E-state index >= 15 is 0 Å². The van der Waals surface area contributed by atoms with Crippen molar-refractivity contribution in [2.75, 3.05) is 7.11 Å². The van der Waals surface area contributed by atoms with E-state index < -0.39 is 0 Å². The molecular formula is C13H28N2O. The maximum Gasteiger partial charge on any atom is 0.0785 e. The van der Waals surface area contributed by atoms with Crippen LogP contribution in [0.3, 0.4) is 0 Å². The van der Waals surface area contributed by atoms with Crippen LogP contribution < -0.4 is 11.3 Å². The Kier molecular flexibility index (Phi) is 5.22. The summed E-state index contributed by atoms with van der Waals surface area (Å²) in [5.41, 5.74) is 3.09. The Morgan fingerprint density at radius 1 is 1.31 bits per heavy atom. The fourth-order valence-corrected chi connectivity index (χ4v) is 3.01. The third-order valence-electron chi connectivity index (χ3n) is 3.75. The Labute approximate surface area is 100 Å². The molecule has 0 aromatic heterocycles. The molecule has 1 fully saturated rings. The Hall–Kier alpha value is -0.120. The number of nitrogens with one attached hydrogen (secondary N) is 1. The summed E-state index contributed by atoms with van der Waals surface area (Å²) in [6, 6.07) is 0.271. The first-order chi connectivity index (χ1) is 7.49. The predicted molar refractivity (Wildman–Crippen MR) is 67.9 cm³/mol. The van der Waals surface area contributed by atoms with E-state index in [1.165, 1.54) is 25.7 Å². The summed E-state index contributed by atoms with van der Waals surface area (Å²) in [5, 5.41) is 0. The van der Waals surface area contributed by atoms with E-state index in [1.807, 2.05) is 0 Å². The van der Waals surface area contributed by atoms with Crippen LogP contribution in [0.4, 0.5) is 0 Å². The maximum absolute atomic E-state index is 5.69. The van der Waals surface area contributed by atoms with Gasteiger partial charge in [0.15, 0.2) is 0 Å². The zero-order valence-corrected chi connectivity index (χ0v) is 11.3. The van der Waals surface area contributed by atoms with Crippen molar-refractivity contribution < 1.29 is 4.74 Å². The molecule has 3 nitrogen and oxygen atoms in total. The van der Waals surface area contributed by atoms with Crippen LogP contribution in [-0.2, 0) is 4.74 Å². The molecule has 1 saturated carbocycles. The lowest BCUT2D eigenvalue weighted by Crippen LogP contribution is -2.51. The molecule has 1 aliphatic carbocycles. The van der Waals surface area contributed by atoms with Crippen molar-refractivity contribution in [1.29, 1.82) is 0 Å². The highest BCUT2D eigenvalue weighted by atomic mass is 16.5. The molecule has 0 spiro atoms. The molecule has 0 aliphatic heterocycles. The van der Waals surface area contributed by atoms with Gasteiger partial charge < -0.3 is 4.74 Å². The van der Waals surface area contributed by atoms with Gasteiger partial charge in [-0.2, -0.15) is 0 Å². The molecule has 1 aliphatic rings. The average molecular weight is 228 g/mol. The second-order valence-corrected chi connectivity index (χ2v) is 6.18. The van der Waals surface area contributed by atoms with E-state index in [0.29, 0.717) is 0 Å². The second kappa shape index (κ2) is 5.99. The van der Waals surface area contributed by atoms with Gasteiger partial charge >= 0.3 is 0 Å². The lowest BCUT2D eigenvalue weighted by molar-refractivity contribution is -0.0168. The third-order valence-corrected chi connectivity index (χ3v) is 3.75. The monoisotopic (exact) mass is 228 g/mol. The molecule has 0 aromatic carbocycles. The zero-order valence-electron chi connectivity index (χ0n) is 11.3. The highest BCUT2D eigenvalue weighted by Gasteiger charge is 2.33. The van der Waals surface area contributed by atoms with Crippen LogP contribution in [0.1, 0.15) is 52.9 Å². The molecule has 0 radical (unpaired) electrons. The van der Waals surface area contributed by atoms with Crippen molar-refractivity contribution in [3.8, 4) is 0 Å². The molecule has 3 N–H and O–H groups in total. The van der Waals surface area contributed by atoms with Gasteiger partial charge in [0, 0.05) is 13.2 Å². The number of methoxy groups -OCH3 is 1. The lowest BCUT2D eigenvalue weighted by Gasteiger charge is -2.36. The summed E-state index contributed by atoms with van der Waals surface area (Å²) in [5.74, 6) is 6.53. The van der Waals surface area contributed by atoms with Gasteiger partial charge in [-0.05, 0) is 17.8 Å². The fraction of sp³-hybridized carbons (Fsp3) is 1.00. The van der Waals surface area contributed by atoms with Gasteiger partial charge in [0.2, 0.25) is 0 Å². The van der Waals surface area contributed by atoms with E-state index in [4.69, 9.17) is 10.6 Å². The van der Waals surface area contributed by atoms with Crippen LogP contribution in [0.5, 0.6) is 0 Å². The van der Waals surface area contributed by atoms with Gasteiger partial charge in [0.1, 0.15) is 0 Å². The van der Waals surface area contributed by atoms with Crippen molar-refractivity contribution in [3.63, 3.8) is 0 Å². The predicted octanol–water partition coefficient (Wildman–Crippen LogP) is 2.46. The van der Waals surface area contributed by atoms with Crippen LogP contribution >= 0.6 is 0 Å². The minimum Gasteiger partial charge on any atom is -0.379 e. The Morgan fingerprint density at radius 3 is 2.25 bits per heavy atom. The van der Waals surface area contributed by atoms with Crippen molar-refractivity contribution in [1.82, 2.24) is 5.43 Å². The zero-order chi connectivity index (χ0) is 12.2. The lowest BCUT2D eigenvalue weighted by atomic mass is 9.81. The first kappa shape index (κ1) is 13.9. The number of nitrogens with two attached hydrogens (primary N) is 1. The Morgan fingerprint density at radius 2 is 1.88 bits per heavy atom. The van der Waals surface area contributed by atoms with Gasteiger partial charge in [-0.1, -0.05) is 46.5 Å². The van der Waals surface area contributed by atoms with Crippen LogP contribution in [0, 0.1) is 11.3 Å². The fourth-order valence-electron chi connectivity index (χ4n) is 3.01. The average Bonchev–Trinajstić information content (AvgIpc) is 2.67. The number of hydrazine groups is 1. The largest absolute Gasteiger partial charge is 0.379 e. The molecular weight excluding hydrogens is 200 g/mol. The summed E-state index contributed by atoms with van der Waals surface area (Å²) >= 11 is 0. The van der Waals surface area contributed by atoms with Crippen LogP contribution in [0.25, 0.3) is 0 Å². The Balaban J connectivity index is 2.56. The van der Waals surface area contributed by atoms with Crippen LogP contribution in [0.15, 0.2) is 0 Å². The van der Waals surface area contributed by atoms with Crippen molar-refractivity contribution in [2.24, 2.45) is 17.2 Å². The minimum absolute atomic E-state index is 0.129. The number of ether oxygens (including phenoxy) is 1. The maximum atomic E-state index is 5.69. The normalized spacial score (nSPS) is 22.3. The first-order valence-corrected chi connectivity index (χ1v) is 6.48. The molecule has 0 amide bonds. The number of rotatable bonds is 5. The quantitative estimate of drug-likeness (QED) is 0.561. The van der Waals surface area contributed by atoms with Gasteiger partial charge in [0.25, 0.3) is 0 Å². The first-order valence-electron chi connectivity index (χ1n) is 6.48. The topological polar surface area (TPSA) is 47.3 Å². The second-order valence-electron chi connectivity index (χ2n) is 6.18. The summed E-state index contributed by atoms with van der Waals surface area (Å²) in [6.07, 6.45) is 6.81. The van der Waals surface area contributed by atoms with E-state index in [-0.39, 0.29) is 17.6 Å². The molecule has 0 heterocycles. The molecule has 96 valence electrons. The van der Waals surface area contributed by atoms with E-state index in [0.717, 1.165) is 12.3 Å². The summed E-state index contributed by atoms with van der Waals surface area (Å²) in [6.45, 7) is 6.63. The van der Waals surface area contributed by atoms with Crippen molar-refractivity contribution >= 4 is 0 Å². The summed E-state index contributed by atoms with van der Waals surface area (Å²) < 4.78 is 5.64. The van der Waals surface area contributed by atoms with E-state index in [1.54, 1.807) is 7.11 Å². The molecule has 3 heteroatoms. The summed E-state index contributed by atoms with van der Waals surface area (Å²) in [4.78, 5) is 0. The van der Waals surface area contributed by atoms with Crippen LogP contribution in [-0.4, -0.2) is 19.3 Å². The third kappa shape index (κ3) is 3.72. The molecule has 2 unspecified atom stereocenters. The smallest absolute Gasteiger partial charge is 0.0785 e. The Bertz CT molecular complexity index is 195. The molecule has 1 rings (SSSR count). The highest BCUT2D eigenvalue weighted by Crippen LogP contribution is 2.32. The molecule has 0 bridgehead atoms. The number of hydrogen-bond acceptors (Lipinski definition) is 3. The van der Waals surface area contributed by atoms with Crippen LogP contribution in [0.2, 0.25) is 0 Å². The standard InChI is InChI=1S/C13H28N2O/c1-13(2,3)12(16-4)11(15-14)9-10-7-5-6-8-10/h10-12,15H,5-9,14H2,1-4H3. The minimum atomic E-state index is 0.129. The SMILES string of the molecule is COC(C(CC1CCCC1)NN)C(C)(C)C. The van der Waals surface area contributed by atoms with Crippen molar-refractivity contribution in [3.05, 3.63) is 0 Å². The number of hydrogen-bond donors (Lipinski definition) is 2. The van der Waals surface area contributed by atoms with Gasteiger partial charge in [0.05, 0.1) is 6.10 Å². The van der Waals surface area contributed by atoms with Gasteiger partial charge in [-0.15, -0.1) is 0 Å². The van der Waals surface area contributed by atoms with E-state index in [2.05, 4.69) is 26.2 Å². The summed E-state index contributed by atoms with van der Waals surface area (Å²) in [7, 11) is 1.79.